The number of benzene rings is 2. The van der Waals surface area contributed by atoms with Gasteiger partial charge >= 0.3 is 0 Å². The van der Waals surface area contributed by atoms with Gasteiger partial charge in [-0.15, -0.1) is 11.3 Å². The van der Waals surface area contributed by atoms with Gasteiger partial charge in [-0.25, -0.2) is 4.98 Å². The molecule has 2 heterocycles. The van der Waals surface area contributed by atoms with E-state index in [4.69, 9.17) is 4.42 Å². The van der Waals surface area contributed by atoms with Gasteiger partial charge in [0.15, 0.2) is 10.8 Å². The molecule has 130 valence electrons. The van der Waals surface area contributed by atoms with Gasteiger partial charge in [-0.2, -0.15) is 0 Å². The van der Waals surface area contributed by atoms with Gasteiger partial charge in [0.2, 0.25) is 0 Å². The first-order valence-electron chi connectivity index (χ1n) is 8.40. The summed E-state index contributed by atoms with van der Waals surface area (Å²) in [6.07, 6.45) is 0. The number of thiazole rings is 1. The van der Waals surface area contributed by atoms with Crippen molar-refractivity contribution in [1.82, 2.24) is 10.3 Å². The predicted octanol–water partition coefficient (Wildman–Crippen LogP) is 5.10. The Morgan fingerprint density at radius 3 is 2.81 bits per heavy atom. The van der Waals surface area contributed by atoms with Gasteiger partial charge < -0.3 is 9.73 Å². The van der Waals surface area contributed by atoms with Crippen molar-refractivity contribution in [3.05, 3.63) is 77.0 Å². The van der Waals surface area contributed by atoms with Crippen LogP contribution >= 0.6 is 11.3 Å². The van der Waals surface area contributed by atoms with Gasteiger partial charge in [0.1, 0.15) is 5.76 Å². The second kappa shape index (κ2) is 6.77. The van der Waals surface area contributed by atoms with Crippen molar-refractivity contribution in [2.24, 2.45) is 0 Å². The van der Waals surface area contributed by atoms with Crippen LogP contribution in [0.4, 0.5) is 0 Å². The fourth-order valence-electron chi connectivity index (χ4n) is 2.81. The van der Waals surface area contributed by atoms with E-state index < -0.39 is 0 Å². The number of aromatic nitrogens is 1. The molecule has 0 radical (unpaired) electrons. The van der Waals surface area contributed by atoms with Crippen LogP contribution in [0, 0.1) is 13.8 Å². The number of rotatable bonds is 4. The first-order valence-corrected chi connectivity index (χ1v) is 9.22. The highest BCUT2D eigenvalue weighted by molar-refractivity contribution is 7.21. The summed E-state index contributed by atoms with van der Waals surface area (Å²) < 4.78 is 7.00. The molecular formula is C21H18N2O2S. The van der Waals surface area contributed by atoms with Crippen LogP contribution in [-0.2, 0) is 6.54 Å². The number of amides is 1. The summed E-state index contributed by atoms with van der Waals surface area (Å²) >= 11 is 1.60. The van der Waals surface area contributed by atoms with Crippen molar-refractivity contribution in [3.63, 3.8) is 0 Å². The fraction of sp³-hybridized carbons (Fsp3) is 0.143. The van der Waals surface area contributed by atoms with E-state index in [0.717, 1.165) is 32.1 Å². The molecule has 0 fully saturated rings. The first kappa shape index (κ1) is 16.5. The number of nitrogens with one attached hydrogen (secondary N) is 1. The van der Waals surface area contributed by atoms with Gasteiger partial charge in [0.05, 0.1) is 16.8 Å². The van der Waals surface area contributed by atoms with E-state index >= 15 is 0 Å². The Bertz CT molecular complexity index is 1060. The van der Waals surface area contributed by atoms with Crippen LogP contribution in [0.1, 0.15) is 27.2 Å². The lowest BCUT2D eigenvalue weighted by Gasteiger charge is -2.07. The number of carbonyl (C=O) groups excluding carboxylic acids is 1. The third kappa shape index (κ3) is 3.26. The standard InChI is InChI=1S/C21H18N2O2S/c1-13-7-8-14(2)16(11-13)20(24)22-12-15-9-10-18(25-15)21-23-17-5-3-4-6-19(17)26-21/h3-11H,12H2,1-2H3,(H,22,24). The maximum absolute atomic E-state index is 12.4. The zero-order chi connectivity index (χ0) is 18.1. The monoisotopic (exact) mass is 362 g/mol. The number of furan rings is 1. The molecule has 0 saturated heterocycles. The molecule has 1 amide bonds. The molecule has 0 bridgehead atoms. The summed E-state index contributed by atoms with van der Waals surface area (Å²) in [6.45, 7) is 4.26. The summed E-state index contributed by atoms with van der Waals surface area (Å²) in [5, 5.41) is 3.77. The van der Waals surface area contributed by atoms with Crippen molar-refractivity contribution in [2.45, 2.75) is 20.4 Å². The van der Waals surface area contributed by atoms with Crippen molar-refractivity contribution >= 4 is 27.5 Å². The molecule has 0 aliphatic rings. The van der Waals surface area contributed by atoms with E-state index in [1.807, 2.05) is 68.4 Å². The Labute approximate surface area is 155 Å². The minimum Gasteiger partial charge on any atom is -0.457 e. The summed E-state index contributed by atoms with van der Waals surface area (Å²) in [4.78, 5) is 17.0. The second-order valence-corrected chi connectivity index (χ2v) is 7.28. The highest BCUT2D eigenvalue weighted by Crippen LogP contribution is 2.31. The SMILES string of the molecule is Cc1ccc(C)c(C(=O)NCc2ccc(-c3nc4ccccc4s3)o2)c1. The largest absolute Gasteiger partial charge is 0.457 e. The average molecular weight is 362 g/mol. The number of hydrogen-bond acceptors (Lipinski definition) is 4. The van der Waals surface area contributed by atoms with E-state index in [9.17, 15) is 4.79 Å². The van der Waals surface area contributed by atoms with Gasteiger partial charge in [-0.05, 0) is 49.7 Å². The van der Waals surface area contributed by atoms with Crippen molar-refractivity contribution in [3.8, 4) is 10.8 Å². The van der Waals surface area contributed by atoms with Crippen LogP contribution in [0.5, 0.6) is 0 Å². The van der Waals surface area contributed by atoms with Crippen LogP contribution in [0.3, 0.4) is 0 Å². The van der Waals surface area contributed by atoms with Crippen LogP contribution < -0.4 is 5.32 Å². The van der Waals surface area contributed by atoms with Gasteiger partial charge in [0.25, 0.3) is 5.91 Å². The molecular weight excluding hydrogens is 344 g/mol. The second-order valence-electron chi connectivity index (χ2n) is 6.25. The Morgan fingerprint density at radius 1 is 1.12 bits per heavy atom. The highest BCUT2D eigenvalue weighted by atomic mass is 32.1. The summed E-state index contributed by atoms with van der Waals surface area (Å²) in [7, 11) is 0. The zero-order valence-corrected chi connectivity index (χ0v) is 15.4. The normalized spacial score (nSPS) is 11.0. The molecule has 4 rings (SSSR count). The van der Waals surface area contributed by atoms with E-state index in [0.29, 0.717) is 17.9 Å². The number of aryl methyl sites for hydroxylation is 2. The molecule has 4 nitrogen and oxygen atoms in total. The molecule has 0 atom stereocenters. The minimum absolute atomic E-state index is 0.0934. The molecule has 0 unspecified atom stereocenters. The number of para-hydroxylation sites is 1. The minimum atomic E-state index is -0.0934. The van der Waals surface area contributed by atoms with Gasteiger partial charge in [-0.1, -0.05) is 29.8 Å². The van der Waals surface area contributed by atoms with Crippen molar-refractivity contribution in [1.29, 1.82) is 0 Å². The Balaban J connectivity index is 1.48. The fourth-order valence-corrected chi connectivity index (χ4v) is 3.74. The number of nitrogens with zero attached hydrogens (tertiary/aromatic N) is 1. The number of fused-ring (bicyclic) bond motifs is 1. The van der Waals surface area contributed by atoms with Crippen molar-refractivity contribution < 1.29 is 9.21 Å². The van der Waals surface area contributed by atoms with E-state index in [1.165, 1.54) is 0 Å². The Kier molecular flexibility index (Phi) is 4.31. The van der Waals surface area contributed by atoms with Crippen LogP contribution in [0.25, 0.3) is 21.0 Å². The third-order valence-corrected chi connectivity index (χ3v) is 5.28. The summed E-state index contributed by atoms with van der Waals surface area (Å²) in [5.74, 6) is 1.34. The lowest BCUT2D eigenvalue weighted by Crippen LogP contribution is -2.23. The van der Waals surface area contributed by atoms with E-state index in [2.05, 4.69) is 10.3 Å². The zero-order valence-electron chi connectivity index (χ0n) is 14.6. The van der Waals surface area contributed by atoms with Gasteiger partial charge in [-0.3, -0.25) is 4.79 Å². The Morgan fingerprint density at radius 2 is 1.96 bits per heavy atom. The van der Waals surface area contributed by atoms with Gasteiger partial charge in [0, 0.05) is 5.56 Å². The quantitative estimate of drug-likeness (QED) is 0.549. The molecule has 4 aromatic rings. The average Bonchev–Trinajstić information content (AvgIpc) is 3.28. The molecule has 2 aromatic carbocycles. The number of hydrogen-bond donors (Lipinski definition) is 1. The van der Waals surface area contributed by atoms with Crippen LogP contribution in [0.2, 0.25) is 0 Å². The van der Waals surface area contributed by atoms with E-state index in [1.54, 1.807) is 11.3 Å². The topological polar surface area (TPSA) is 55.1 Å². The van der Waals surface area contributed by atoms with Crippen LogP contribution in [-0.4, -0.2) is 10.9 Å². The maximum atomic E-state index is 12.4. The number of carbonyl (C=O) groups is 1. The first-order chi connectivity index (χ1) is 12.6. The molecule has 0 spiro atoms. The summed E-state index contributed by atoms with van der Waals surface area (Å²) in [5.41, 5.74) is 3.69. The van der Waals surface area contributed by atoms with Crippen molar-refractivity contribution in [2.75, 3.05) is 0 Å². The lowest BCUT2D eigenvalue weighted by atomic mass is 10.1. The highest BCUT2D eigenvalue weighted by Gasteiger charge is 2.13. The lowest BCUT2D eigenvalue weighted by molar-refractivity contribution is 0.0947. The van der Waals surface area contributed by atoms with Crippen LogP contribution in [0.15, 0.2) is 59.0 Å². The molecule has 2 aromatic heterocycles. The molecule has 5 heteroatoms. The molecule has 1 N–H and O–H groups in total. The summed E-state index contributed by atoms with van der Waals surface area (Å²) in [6, 6.07) is 17.7. The smallest absolute Gasteiger partial charge is 0.251 e. The molecule has 0 aliphatic carbocycles. The maximum Gasteiger partial charge on any atom is 0.251 e. The third-order valence-electron chi connectivity index (χ3n) is 4.23. The molecule has 0 saturated carbocycles. The molecule has 0 aliphatic heterocycles. The Hall–Kier alpha value is -2.92. The molecule has 26 heavy (non-hydrogen) atoms. The predicted molar refractivity (Wildman–Crippen MR) is 104 cm³/mol. The van der Waals surface area contributed by atoms with E-state index in [-0.39, 0.29) is 5.91 Å².